The monoisotopic (exact) mass is 399 g/mol. The van der Waals surface area contributed by atoms with E-state index in [0.29, 0.717) is 24.8 Å². The molecule has 1 amide bonds. The van der Waals surface area contributed by atoms with Gasteiger partial charge in [0.05, 0.1) is 25.2 Å². The summed E-state index contributed by atoms with van der Waals surface area (Å²) >= 11 is 0. The zero-order valence-corrected chi connectivity index (χ0v) is 16.4. The highest BCUT2D eigenvalue weighted by atomic mass is 16.5. The Labute approximate surface area is 173 Å². The van der Waals surface area contributed by atoms with Gasteiger partial charge < -0.3 is 14.8 Å². The van der Waals surface area contributed by atoms with Gasteiger partial charge >= 0.3 is 0 Å². The molecule has 0 atom stereocenters. The molecule has 5 rings (SSSR count). The smallest absolute Gasteiger partial charge is 0.230 e. The third-order valence-corrected chi connectivity index (χ3v) is 5.10. The van der Waals surface area contributed by atoms with E-state index in [4.69, 9.17) is 9.47 Å². The number of carbonyl (C=O) groups excluding carboxylic acids is 1. The Bertz CT molecular complexity index is 1200. The Kier molecular flexibility index (Phi) is 4.81. The molecule has 0 radical (unpaired) electrons. The molecule has 1 aromatic heterocycles. The Morgan fingerprint density at radius 1 is 0.933 bits per heavy atom. The number of hydrogen-bond acceptors (Lipinski definition) is 4. The van der Waals surface area contributed by atoms with Crippen molar-refractivity contribution in [3.05, 3.63) is 72.3 Å². The van der Waals surface area contributed by atoms with Crippen molar-refractivity contribution in [3.8, 4) is 22.6 Å². The van der Waals surface area contributed by atoms with Crippen LogP contribution in [0.1, 0.15) is 12.0 Å². The predicted molar refractivity (Wildman–Crippen MR) is 116 cm³/mol. The highest BCUT2D eigenvalue weighted by molar-refractivity contribution is 6.01. The number of fused-ring (bicyclic) bond motifs is 2. The number of ether oxygens (including phenoxy) is 2. The van der Waals surface area contributed by atoms with Crippen molar-refractivity contribution < 1.29 is 14.3 Å². The van der Waals surface area contributed by atoms with Crippen molar-refractivity contribution in [1.82, 2.24) is 10.2 Å². The van der Waals surface area contributed by atoms with Gasteiger partial charge in [-0.1, -0.05) is 42.5 Å². The van der Waals surface area contributed by atoms with Gasteiger partial charge in [0.25, 0.3) is 0 Å². The van der Waals surface area contributed by atoms with Crippen LogP contribution in [0.2, 0.25) is 0 Å². The van der Waals surface area contributed by atoms with E-state index < -0.39 is 0 Å². The number of aromatic nitrogens is 2. The number of amides is 1. The standard InChI is InChI=1S/C24H21N3O3/c28-23(14-16-7-10-21-22(13-16)30-12-4-11-29-21)25-24-19-9-8-18(15-20(19)26-27-24)17-5-2-1-3-6-17/h1-3,5-10,13,15H,4,11-12,14H2,(H2,25,26,27,28). The van der Waals surface area contributed by atoms with Crippen LogP contribution in [0.5, 0.6) is 11.5 Å². The first-order valence-electron chi connectivity index (χ1n) is 9.98. The summed E-state index contributed by atoms with van der Waals surface area (Å²) in [6.45, 7) is 1.26. The Balaban J connectivity index is 1.32. The maximum absolute atomic E-state index is 12.6. The van der Waals surface area contributed by atoms with E-state index in [1.165, 1.54) is 0 Å². The average Bonchev–Trinajstić information content (AvgIpc) is 3.01. The van der Waals surface area contributed by atoms with E-state index in [0.717, 1.165) is 39.8 Å². The molecule has 30 heavy (non-hydrogen) atoms. The lowest BCUT2D eigenvalue weighted by Crippen LogP contribution is -2.15. The molecule has 6 heteroatoms. The van der Waals surface area contributed by atoms with Gasteiger partial charge in [0.1, 0.15) is 0 Å². The van der Waals surface area contributed by atoms with Crippen LogP contribution in [-0.2, 0) is 11.2 Å². The third-order valence-electron chi connectivity index (χ3n) is 5.10. The summed E-state index contributed by atoms with van der Waals surface area (Å²) in [5.74, 6) is 1.81. The van der Waals surface area contributed by atoms with Crippen molar-refractivity contribution >= 4 is 22.6 Å². The minimum absolute atomic E-state index is 0.134. The summed E-state index contributed by atoms with van der Waals surface area (Å²) in [4.78, 5) is 12.6. The van der Waals surface area contributed by atoms with Crippen LogP contribution in [0, 0.1) is 0 Å². The van der Waals surface area contributed by atoms with E-state index in [1.54, 1.807) is 0 Å². The van der Waals surface area contributed by atoms with E-state index in [1.807, 2.05) is 54.6 Å². The van der Waals surface area contributed by atoms with E-state index in [2.05, 4.69) is 27.6 Å². The number of H-pyrrole nitrogens is 1. The number of benzene rings is 3. The second-order valence-corrected chi connectivity index (χ2v) is 7.26. The SMILES string of the molecule is O=C(Cc1ccc2c(c1)OCCCO2)Nc1n[nH]c2cc(-c3ccccc3)ccc12. The van der Waals surface area contributed by atoms with Crippen LogP contribution in [0.3, 0.4) is 0 Å². The lowest BCUT2D eigenvalue weighted by atomic mass is 10.0. The maximum atomic E-state index is 12.6. The number of anilines is 1. The normalized spacial score (nSPS) is 13.1. The quantitative estimate of drug-likeness (QED) is 0.527. The molecule has 6 nitrogen and oxygen atoms in total. The van der Waals surface area contributed by atoms with Crippen LogP contribution in [-0.4, -0.2) is 29.3 Å². The molecule has 2 N–H and O–H groups in total. The topological polar surface area (TPSA) is 76.2 Å². The summed E-state index contributed by atoms with van der Waals surface area (Å²) in [6.07, 6.45) is 1.08. The van der Waals surface area contributed by atoms with Crippen molar-refractivity contribution in [1.29, 1.82) is 0 Å². The zero-order valence-electron chi connectivity index (χ0n) is 16.4. The summed E-state index contributed by atoms with van der Waals surface area (Å²) in [6, 6.07) is 21.8. The fraction of sp³-hybridized carbons (Fsp3) is 0.167. The Morgan fingerprint density at radius 2 is 1.77 bits per heavy atom. The molecule has 2 heterocycles. The molecule has 0 spiro atoms. The second kappa shape index (κ2) is 7.91. The first-order chi connectivity index (χ1) is 14.8. The molecule has 0 saturated carbocycles. The molecule has 0 unspecified atom stereocenters. The predicted octanol–water partition coefficient (Wildman–Crippen LogP) is 4.57. The van der Waals surface area contributed by atoms with Crippen LogP contribution >= 0.6 is 0 Å². The zero-order chi connectivity index (χ0) is 20.3. The van der Waals surface area contributed by atoms with Crippen LogP contribution < -0.4 is 14.8 Å². The highest BCUT2D eigenvalue weighted by Gasteiger charge is 2.14. The summed E-state index contributed by atoms with van der Waals surface area (Å²) < 4.78 is 11.4. The molecule has 0 aliphatic carbocycles. The van der Waals surface area contributed by atoms with Gasteiger partial charge in [0.15, 0.2) is 17.3 Å². The summed E-state index contributed by atoms with van der Waals surface area (Å²) in [7, 11) is 0. The van der Waals surface area contributed by atoms with Gasteiger partial charge in [-0.25, -0.2) is 0 Å². The first-order valence-corrected chi connectivity index (χ1v) is 9.98. The Morgan fingerprint density at radius 3 is 2.63 bits per heavy atom. The van der Waals surface area contributed by atoms with Crippen LogP contribution in [0.4, 0.5) is 5.82 Å². The largest absolute Gasteiger partial charge is 0.490 e. The average molecular weight is 399 g/mol. The van der Waals surface area contributed by atoms with Gasteiger partial charge in [-0.15, -0.1) is 0 Å². The van der Waals surface area contributed by atoms with Gasteiger partial charge in [-0.2, -0.15) is 5.10 Å². The van der Waals surface area contributed by atoms with Crippen molar-refractivity contribution in [3.63, 3.8) is 0 Å². The van der Waals surface area contributed by atoms with Crippen molar-refractivity contribution in [2.45, 2.75) is 12.8 Å². The molecular formula is C24H21N3O3. The maximum Gasteiger partial charge on any atom is 0.230 e. The molecule has 1 aliphatic heterocycles. The minimum atomic E-state index is -0.134. The molecule has 0 fully saturated rings. The number of nitrogens with zero attached hydrogens (tertiary/aromatic N) is 1. The molecule has 0 bridgehead atoms. The van der Waals surface area contributed by atoms with Crippen molar-refractivity contribution in [2.75, 3.05) is 18.5 Å². The molecule has 150 valence electrons. The number of aromatic amines is 1. The number of hydrogen-bond donors (Lipinski definition) is 2. The summed E-state index contributed by atoms with van der Waals surface area (Å²) in [5, 5.41) is 11.1. The Hall–Kier alpha value is -3.80. The number of rotatable bonds is 4. The molecule has 4 aromatic rings. The molecule has 3 aromatic carbocycles. The highest BCUT2D eigenvalue weighted by Crippen LogP contribution is 2.31. The fourth-order valence-electron chi connectivity index (χ4n) is 3.60. The third kappa shape index (κ3) is 3.72. The lowest BCUT2D eigenvalue weighted by Gasteiger charge is -2.09. The van der Waals surface area contributed by atoms with Gasteiger partial charge in [0, 0.05) is 11.8 Å². The van der Waals surface area contributed by atoms with E-state index in [9.17, 15) is 4.79 Å². The van der Waals surface area contributed by atoms with Gasteiger partial charge in [0.2, 0.25) is 5.91 Å². The lowest BCUT2D eigenvalue weighted by molar-refractivity contribution is -0.115. The van der Waals surface area contributed by atoms with E-state index in [-0.39, 0.29) is 12.3 Å². The first kappa shape index (κ1) is 18.2. The van der Waals surface area contributed by atoms with Gasteiger partial charge in [-0.3, -0.25) is 9.89 Å². The number of nitrogens with one attached hydrogen (secondary N) is 2. The van der Waals surface area contributed by atoms with Crippen molar-refractivity contribution in [2.24, 2.45) is 0 Å². The van der Waals surface area contributed by atoms with E-state index >= 15 is 0 Å². The second-order valence-electron chi connectivity index (χ2n) is 7.26. The summed E-state index contributed by atoms with van der Waals surface area (Å²) in [5.41, 5.74) is 3.97. The molecule has 0 saturated heterocycles. The minimum Gasteiger partial charge on any atom is -0.490 e. The van der Waals surface area contributed by atoms with Crippen LogP contribution in [0.25, 0.3) is 22.0 Å². The number of carbonyl (C=O) groups is 1. The van der Waals surface area contributed by atoms with Crippen LogP contribution in [0.15, 0.2) is 66.7 Å². The molecule has 1 aliphatic rings. The molecular weight excluding hydrogens is 378 g/mol. The fourth-order valence-corrected chi connectivity index (χ4v) is 3.60. The van der Waals surface area contributed by atoms with Gasteiger partial charge in [-0.05, 0) is 41.0 Å².